The average molecular weight is 408 g/mol. The van der Waals surface area contributed by atoms with Crippen molar-refractivity contribution < 1.29 is 9.53 Å². The predicted molar refractivity (Wildman–Crippen MR) is 118 cm³/mol. The molecule has 0 aliphatic carbocycles. The number of hydrogen-bond donors (Lipinski definition) is 0. The number of aromatic nitrogens is 3. The number of pyridine rings is 1. The van der Waals surface area contributed by atoms with Crippen LogP contribution in [0.2, 0.25) is 0 Å². The number of carbonyl (C=O) groups excluding carboxylic acids is 1. The Bertz CT molecular complexity index is 1020. The van der Waals surface area contributed by atoms with Gasteiger partial charge in [-0.1, -0.05) is 12.1 Å². The summed E-state index contributed by atoms with van der Waals surface area (Å²) in [6, 6.07) is 10.7. The highest BCUT2D eigenvalue weighted by molar-refractivity contribution is 5.93. The van der Waals surface area contributed by atoms with Crippen molar-refractivity contribution in [3.63, 3.8) is 0 Å². The van der Waals surface area contributed by atoms with Crippen LogP contribution in [0.25, 0.3) is 11.0 Å². The van der Waals surface area contributed by atoms with Crippen LogP contribution in [-0.2, 0) is 18.0 Å². The third kappa shape index (κ3) is 4.31. The number of aryl methyl sites for hydroxylation is 1. The molecule has 2 aromatic heterocycles. The summed E-state index contributed by atoms with van der Waals surface area (Å²) in [6.07, 6.45) is 5.47. The number of esters is 1. The highest BCUT2D eigenvalue weighted by atomic mass is 16.5. The second kappa shape index (κ2) is 8.83. The number of rotatable bonds is 6. The fourth-order valence-corrected chi connectivity index (χ4v) is 4.09. The smallest absolute Gasteiger partial charge is 0.339 e. The Labute approximate surface area is 177 Å². The van der Waals surface area contributed by atoms with Crippen LogP contribution < -0.4 is 4.90 Å². The fraction of sp³-hybridized carbons (Fsp3) is 0.435. The summed E-state index contributed by atoms with van der Waals surface area (Å²) in [4.78, 5) is 20.9. The van der Waals surface area contributed by atoms with Gasteiger partial charge in [-0.05, 0) is 57.0 Å². The van der Waals surface area contributed by atoms with E-state index in [4.69, 9.17) is 4.74 Å². The van der Waals surface area contributed by atoms with Crippen LogP contribution in [0, 0.1) is 6.92 Å². The SMILES string of the molecule is COC(=O)c1cnc2c(c1)c(C)nn2CN(C)Cc1ccc(N2CCCCC2)cc1. The lowest BCUT2D eigenvalue weighted by Gasteiger charge is -2.29. The first-order valence-electron chi connectivity index (χ1n) is 10.5. The molecule has 0 spiro atoms. The molecule has 4 rings (SSSR count). The van der Waals surface area contributed by atoms with Crippen LogP contribution >= 0.6 is 0 Å². The molecular weight excluding hydrogens is 378 g/mol. The Kier molecular flexibility index (Phi) is 5.99. The molecule has 30 heavy (non-hydrogen) atoms. The van der Waals surface area contributed by atoms with E-state index in [-0.39, 0.29) is 5.97 Å². The molecule has 1 aromatic carbocycles. The predicted octanol–water partition coefficient (Wildman–Crippen LogP) is 3.61. The molecule has 0 bridgehead atoms. The highest BCUT2D eigenvalue weighted by Crippen LogP contribution is 2.21. The number of hydrogen-bond acceptors (Lipinski definition) is 6. The zero-order chi connectivity index (χ0) is 21.1. The molecule has 1 aliphatic rings. The van der Waals surface area contributed by atoms with Gasteiger partial charge in [-0.3, -0.25) is 4.90 Å². The normalized spacial score (nSPS) is 14.5. The Balaban J connectivity index is 1.44. The molecule has 1 saturated heterocycles. The third-order valence-electron chi connectivity index (χ3n) is 5.68. The average Bonchev–Trinajstić information content (AvgIpc) is 3.08. The van der Waals surface area contributed by atoms with E-state index < -0.39 is 0 Å². The Morgan fingerprint density at radius 1 is 1.17 bits per heavy atom. The van der Waals surface area contributed by atoms with Crippen molar-refractivity contribution in [3.8, 4) is 0 Å². The molecule has 7 heteroatoms. The number of nitrogens with zero attached hydrogens (tertiary/aromatic N) is 5. The highest BCUT2D eigenvalue weighted by Gasteiger charge is 2.15. The zero-order valence-electron chi connectivity index (χ0n) is 18.0. The van der Waals surface area contributed by atoms with Crippen molar-refractivity contribution in [3.05, 3.63) is 53.3 Å². The Morgan fingerprint density at radius 3 is 2.60 bits per heavy atom. The van der Waals surface area contributed by atoms with Gasteiger partial charge in [-0.15, -0.1) is 0 Å². The number of methoxy groups -OCH3 is 1. The topological polar surface area (TPSA) is 63.5 Å². The minimum atomic E-state index is -0.387. The van der Waals surface area contributed by atoms with Crippen molar-refractivity contribution in [2.24, 2.45) is 0 Å². The first-order valence-corrected chi connectivity index (χ1v) is 10.5. The minimum absolute atomic E-state index is 0.387. The summed E-state index contributed by atoms with van der Waals surface area (Å²) >= 11 is 0. The number of ether oxygens (including phenoxy) is 1. The van der Waals surface area contributed by atoms with Crippen LogP contribution in [0.3, 0.4) is 0 Å². The zero-order valence-corrected chi connectivity index (χ0v) is 18.0. The summed E-state index contributed by atoms with van der Waals surface area (Å²) < 4.78 is 6.68. The molecule has 3 aromatic rings. The van der Waals surface area contributed by atoms with E-state index >= 15 is 0 Å². The van der Waals surface area contributed by atoms with Crippen LogP contribution in [-0.4, -0.2) is 52.9 Å². The molecule has 7 nitrogen and oxygen atoms in total. The maximum absolute atomic E-state index is 11.8. The van der Waals surface area contributed by atoms with Crippen LogP contribution in [0.5, 0.6) is 0 Å². The van der Waals surface area contributed by atoms with Crippen LogP contribution in [0.15, 0.2) is 36.5 Å². The van der Waals surface area contributed by atoms with Gasteiger partial charge >= 0.3 is 5.97 Å². The van der Waals surface area contributed by atoms with E-state index in [1.54, 1.807) is 12.3 Å². The monoisotopic (exact) mass is 407 g/mol. The van der Waals surface area contributed by atoms with Crippen molar-refractivity contribution in [2.45, 2.75) is 39.4 Å². The van der Waals surface area contributed by atoms with Gasteiger partial charge in [0.05, 0.1) is 25.0 Å². The number of piperidine rings is 1. The molecule has 0 N–H and O–H groups in total. The molecule has 3 heterocycles. The van der Waals surface area contributed by atoms with Crippen molar-refractivity contribution in [1.29, 1.82) is 0 Å². The van der Waals surface area contributed by atoms with Gasteiger partial charge in [0.25, 0.3) is 0 Å². The van der Waals surface area contributed by atoms with Crippen molar-refractivity contribution >= 4 is 22.7 Å². The lowest BCUT2D eigenvalue weighted by Crippen LogP contribution is -2.29. The minimum Gasteiger partial charge on any atom is -0.465 e. The standard InChI is InChI=1S/C23H29N5O2/c1-17-21-13-19(23(29)30-3)14-24-22(21)28(25-17)16-26(2)15-18-7-9-20(10-8-18)27-11-5-4-6-12-27/h7-10,13-14H,4-6,11-12,15-16H2,1-3H3. The van der Waals surface area contributed by atoms with E-state index in [0.717, 1.165) is 36.4 Å². The van der Waals surface area contributed by atoms with Gasteiger partial charge in [0, 0.05) is 36.9 Å². The summed E-state index contributed by atoms with van der Waals surface area (Å²) in [7, 11) is 3.45. The largest absolute Gasteiger partial charge is 0.465 e. The van der Waals surface area contributed by atoms with Gasteiger partial charge in [-0.25, -0.2) is 14.5 Å². The van der Waals surface area contributed by atoms with Gasteiger partial charge < -0.3 is 9.64 Å². The van der Waals surface area contributed by atoms with Gasteiger partial charge in [0.1, 0.15) is 0 Å². The van der Waals surface area contributed by atoms with Crippen LogP contribution in [0.1, 0.15) is 40.9 Å². The lowest BCUT2D eigenvalue weighted by molar-refractivity contribution is 0.0600. The Hall–Kier alpha value is -2.93. The summed E-state index contributed by atoms with van der Waals surface area (Å²) in [5.41, 5.74) is 4.65. The molecule has 0 radical (unpaired) electrons. The number of benzene rings is 1. The molecule has 1 fully saturated rings. The number of carbonyl (C=O) groups is 1. The van der Waals surface area contributed by atoms with E-state index in [2.05, 4.69) is 51.2 Å². The van der Waals surface area contributed by atoms with E-state index in [1.807, 2.05) is 11.6 Å². The maximum atomic E-state index is 11.8. The third-order valence-corrected chi connectivity index (χ3v) is 5.68. The number of fused-ring (bicyclic) bond motifs is 1. The molecule has 0 atom stereocenters. The van der Waals surface area contributed by atoms with Gasteiger partial charge in [-0.2, -0.15) is 5.10 Å². The summed E-state index contributed by atoms with van der Waals surface area (Å²) in [5.74, 6) is -0.387. The molecular formula is C23H29N5O2. The van der Waals surface area contributed by atoms with Crippen LogP contribution in [0.4, 0.5) is 5.69 Å². The van der Waals surface area contributed by atoms with Gasteiger partial charge in [0.15, 0.2) is 5.65 Å². The molecule has 1 aliphatic heterocycles. The van der Waals surface area contributed by atoms with Crippen molar-refractivity contribution in [1.82, 2.24) is 19.7 Å². The lowest BCUT2D eigenvalue weighted by atomic mass is 10.1. The Morgan fingerprint density at radius 2 is 1.90 bits per heavy atom. The van der Waals surface area contributed by atoms with E-state index in [0.29, 0.717) is 12.2 Å². The second-order valence-corrected chi connectivity index (χ2v) is 8.04. The summed E-state index contributed by atoms with van der Waals surface area (Å²) in [5, 5.41) is 5.50. The first-order chi connectivity index (χ1) is 14.5. The molecule has 0 saturated carbocycles. The molecule has 0 amide bonds. The van der Waals surface area contributed by atoms with Gasteiger partial charge in [0.2, 0.25) is 0 Å². The summed E-state index contributed by atoms with van der Waals surface area (Å²) in [6.45, 7) is 5.69. The first kappa shape index (κ1) is 20.3. The fourth-order valence-electron chi connectivity index (χ4n) is 4.09. The second-order valence-electron chi connectivity index (χ2n) is 8.04. The quantitative estimate of drug-likeness (QED) is 0.582. The van der Waals surface area contributed by atoms with Crippen molar-refractivity contribution in [2.75, 3.05) is 32.1 Å². The molecule has 158 valence electrons. The number of anilines is 1. The molecule has 0 unspecified atom stereocenters. The maximum Gasteiger partial charge on any atom is 0.339 e. The van der Waals surface area contributed by atoms with E-state index in [9.17, 15) is 4.79 Å². The van der Waals surface area contributed by atoms with E-state index in [1.165, 1.54) is 37.6 Å².